The number of hydrogen-bond acceptors (Lipinski definition) is 5. The molecule has 116 valence electrons. The molecule has 2 amide bonds. The standard InChI is InChI=1S/C15H18N4O2S/c20-9-11-3-2-6-19(8-11)15(21)18-14-17-13(10-22-14)12-4-1-5-16-7-12/h1,4-5,7,10-11,20H,2-3,6,8-9H2,(H,17,18,21). The predicted octanol–water partition coefficient (Wildman–Crippen LogP) is 2.44. The smallest absolute Gasteiger partial charge is 0.323 e. The number of nitrogens with one attached hydrogen (secondary N) is 1. The molecule has 1 aliphatic rings. The molecule has 0 bridgehead atoms. The van der Waals surface area contributed by atoms with E-state index in [0.717, 1.165) is 30.6 Å². The Morgan fingerprint density at radius 3 is 3.23 bits per heavy atom. The van der Waals surface area contributed by atoms with Crippen LogP contribution in [-0.4, -0.2) is 45.7 Å². The third kappa shape index (κ3) is 3.42. The second kappa shape index (κ2) is 6.85. The molecule has 3 heterocycles. The minimum absolute atomic E-state index is 0.131. The number of aliphatic hydroxyl groups excluding tert-OH is 1. The van der Waals surface area contributed by atoms with Crippen molar-refractivity contribution in [3.05, 3.63) is 29.9 Å². The number of aliphatic hydroxyl groups is 1. The molecule has 0 aliphatic carbocycles. The number of thiazole rings is 1. The normalized spacial score (nSPS) is 18.2. The highest BCUT2D eigenvalue weighted by Gasteiger charge is 2.23. The molecule has 1 atom stereocenters. The van der Waals surface area contributed by atoms with E-state index in [1.54, 1.807) is 17.3 Å². The summed E-state index contributed by atoms with van der Waals surface area (Å²) in [5.41, 5.74) is 1.73. The van der Waals surface area contributed by atoms with Crippen LogP contribution in [0.15, 0.2) is 29.9 Å². The SMILES string of the molecule is O=C(Nc1nc(-c2cccnc2)cs1)N1CCCC(CO)C1. The van der Waals surface area contributed by atoms with Crippen molar-refractivity contribution in [3.63, 3.8) is 0 Å². The van der Waals surface area contributed by atoms with Crippen molar-refractivity contribution in [1.29, 1.82) is 0 Å². The number of carbonyl (C=O) groups excluding carboxylic acids is 1. The van der Waals surface area contributed by atoms with Crippen molar-refractivity contribution >= 4 is 22.5 Å². The van der Waals surface area contributed by atoms with Crippen molar-refractivity contribution in [1.82, 2.24) is 14.9 Å². The number of piperidine rings is 1. The Labute approximate surface area is 132 Å². The number of aromatic nitrogens is 2. The molecule has 22 heavy (non-hydrogen) atoms. The summed E-state index contributed by atoms with van der Waals surface area (Å²) in [5, 5.41) is 14.6. The quantitative estimate of drug-likeness (QED) is 0.911. The molecule has 1 aliphatic heterocycles. The molecule has 3 rings (SSSR count). The highest BCUT2D eigenvalue weighted by Crippen LogP contribution is 2.25. The van der Waals surface area contributed by atoms with Gasteiger partial charge < -0.3 is 10.0 Å². The Hall–Kier alpha value is -1.99. The largest absolute Gasteiger partial charge is 0.396 e. The summed E-state index contributed by atoms with van der Waals surface area (Å²) >= 11 is 1.40. The fraction of sp³-hybridized carbons (Fsp3) is 0.400. The maximum absolute atomic E-state index is 12.3. The number of urea groups is 1. The zero-order valence-electron chi connectivity index (χ0n) is 12.1. The van der Waals surface area contributed by atoms with Gasteiger partial charge in [-0.1, -0.05) is 0 Å². The van der Waals surface area contributed by atoms with Crippen LogP contribution in [0.2, 0.25) is 0 Å². The van der Waals surface area contributed by atoms with Gasteiger partial charge in [0.1, 0.15) is 0 Å². The number of hydrogen-bond donors (Lipinski definition) is 2. The minimum Gasteiger partial charge on any atom is -0.396 e. The first-order chi connectivity index (χ1) is 10.8. The average Bonchev–Trinajstić information content (AvgIpc) is 3.04. The van der Waals surface area contributed by atoms with Crippen LogP contribution in [0.3, 0.4) is 0 Å². The van der Waals surface area contributed by atoms with E-state index in [1.807, 2.05) is 17.5 Å². The monoisotopic (exact) mass is 318 g/mol. The Balaban J connectivity index is 1.64. The lowest BCUT2D eigenvalue weighted by molar-refractivity contribution is 0.136. The number of rotatable bonds is 3. The Morgan fingerprint density at radius 1 is 1.55 bits per heavy atom. The van der Waals surface area contributed by atoms with Gasteiger partial charge in [-0.3, -0.25) is 10.3 Å². The lowest BCUT2D eigenvalue weighted by Crippen LogP contribution is -2.43. The average molecular weight is 318 g/mol. The van der Waals surface area contributed by atoms with E-state index in [1.165, 1.54) is 11.3 Å². The van der Waals surface area contributed by atoms with Crippen LogP contribution in [0.25, 0.3) is 11.3 Å². The van der Waals surface area contributed by atoms with Gasteiger partial charge in [0.15, 0.2) is 5.13 Å². The van der Waals surface area contributed by atoms with E-state index in [-0.39, 0.29) is 18.6 Å². The van der Waals surface area contributed by atoms with Crippen LogP contribution in [0.1, 0.15) is 12.8 Å². The third-order valence-electron chi connectivity index (χ3n) is 3.74. The van der Waals surface area contributed by atoms with E-state index < -0.39 is 0 Å². The Morgan fingerprint density at radius 2 is 2.45 bits per heavy atom. The first-order valence-corrected chi connectivity index (χ1v) is 8.17. The number of likely N-dealkylation sites (tertiary alicyclic amines) is 1. The van der Waals surface area contributed by atoms with Gasteiger partial charge in [0.25, 0.3) is 0 Å². The van der Waals surface area contributed by atoms with Crippen LogP contribution < -0.4 is 5.32 Å². The number of anilines is 1. The molecule has 1 saturated heterocycles. The van der Waals surface area contributed by atoms with Gasteiger partial charge in [0, 0.05) is 43.0 Å². The summed E-state index contributed by atoms with van der Waals surface area (Å²) in [6, 6.07) is 3.64. The summed E-state index contributed by atoms with van der Waals surface area (Å²) < 4.78 is 0. The number of pyridine rings is 1. The zero-order chi connectivity index (χ0) is 15.4. The minimum atomic E-state index is -0.148. The molecule has 1 unspecified atom stereocenters. The van der Waals surface area contributed by atoms with E-state index in [9.17, 15) is 9.90 Å². The Bertz CT molecular complexity index is 631. The van der Waals surface area contributed by atoms with E-state index >= 15 is 0 Å². The zero-order valence-corrected chi connectivity index (χ0v) is 12.9. The molecule has 1 fully saturated rings. The lowest BCUT2D eigenvalue weighted by atomic mass is 9.99. The topological polar surface area (TPSA) is 78.4 Å². The Kier molecular flexibility index (Phi) is 4.65. The highest BCUT2D eigenvalue weighted by atomic mass is 32.1. The summed E-state index contributed by atoms with van der Waals surface area (Å²) in [6.45, 7) is 1.46. The van der Waals surface area contributed by atoms with Crippen molar-refractivity contribution < 1.29 is 9.90 Å². The van der Waals surface area contributed by atoms with Gasteiger partial charge in [-0.15, -0.1) is 11.3 Å². The van der Waals surface area contributed by atoms with Crippen molar-refractivity contribution in [2.75, 3.05) is 25.0 Å². The molecule has 0 radical (unpaired) electrons. The number of amides is 2. The first kappa shape index (κ1) is 14.9. The molecular formula is C15H18N4O2S. The molecule has 0 aromatic carbocycles. The van der Waals surface area contributed by atoms with Gasteiger partial charge in [0.2, 0.25) is 0 Å². The highest BCUT2D eigenvalue weighted by molar-refractivity contribution is 7.14. The molecule has 0 spiro atoms. The third-order valence-corrected chi connectivity index (χ3v) is 4.50. The van der Waals surface area contributed by atoms with Gasteiger partial charge >= 0.3 is 6.03 Å². The first-order valence-electron chi connectivity index (χ1n) is 7.29. The molecule has 2 aromatic heterocycles. The molecule has 7 heteroatoms. The van der Waals surface area contributed by atoms with E-state index in [0.29, 0.717) is 11.7 Å². The maximum Gasteiger partial charge on any atom is 0.323 e. The van der Waals surface area contributed by atoms with Crippen LogP contribution in [0, 0.1) is 5.92 Å². The second-order valence-electron chi connectivity index (χ2n) is 5.35. The summed E-state index contributed by atoms with van der Waals surface area (Å²) in [6.07, 6.45) is 5.36. The fourth-order valence-corrected chi connectivity index (χ4v) is 3.26. The van der Waals surface area contributed by atoms with Crippen LogP contribution in [-0.2, 0) is 0 Å². The van der Waals surface area contributed by atoms with Crippen LogP contribution >= 0.6 is 11.3 Å². The molecule has 2 N–H and O–H groups in total. The van der Waals surface area contributed by atoms with Gasteiger partial charge in [0.05, 0.1) is 5.69 Å². The fourth-order valence-electron chi connectivity index (χ4n) is 2.55. The number of nitrogens with zero attached hydrogens (tertiary/aromatic N) is 3. The van der Waals surface area contributed by atoms with Crippen molar-refractivity contribution in [2.24, 2.45) is 5.92 Å². The van der Waals surface area contributed by atoms with Crippen LogP contribution in [0.4, 0.5) is 9.93 Å². The molecule has 2 aromatic rings. The molecule has 6 nitrogen and oxygen atoms in total. The number of carbonyl (C=O) groups is 1. The van der Waals surface area contributed by atoms with Gasteiger partial charge in [-0.2, -0.15) is 0 Å². The summed E-state index contributed by atoms with van der Waals surface area (Å²) in [4.78, 5) is 22.5. The maximum atomic E-state index is 12.3. The lowest BCUT2D eigenvalue weighted by Gasteiger charge is -2.31. The summed E-state index contributed by atoms with van der Waals surface area (Å²) in [7, 11) is 0. The van der Waals surface area contributed by atoms with E-state index in [4.69, 9.17) is 0 Å². The summed E-state index contributed by atoms with van der Waals surface area (Å²) in [5.74, 6) is 0.182. The van der Waals surface area contributed by atoms with Gasteiger partial charge in [-0.25, -0.2) is 9.78 Å². The van der Waals surface area contributed by atoms with Crippen LogP contribution in [0.5, 0.6) is 0 Å². The second-order valence-corrected chi connectivity index (χ2v) is 6.20. The molecular weight excluding hydrogens is 300 g/mol. The van der Waals surface area contributed by atoms with Crippen molar-refractivity contribution in [2.45, 2.75) is 12.8 Å². The van der Waals surface area contributed by atoms with Gasteiger partial charge in [-0.05, 0) is 30.9 Å². The van der Waals surface area contributed by atoms with E-state index in [2.05, 4.69) is 15.3 Å². The van der Waals surface area contributed by atoms with Crippen molar-refractivity contribution in [3.8, 4) is 11.3 Å². The molecule has 0 saturated carbocycles. The predicted molar refractivity (Wildman–Crippen MR) is 85.7 cm³/mol.